The molecule has 5 heteroatoms. The Bertz CT molecular complexity index is 646. The van der Waals surface area contributed by atoms with Crippen molar-refractivity contribution >= 4 is 9.84 Å². The molecule has 0 amide bonds. The van der Waals surface area contributed by atoms with Gasteiger partial charge < -0.3 is 4.74 Å². The first-order chi connectivity index (χ1) is 9.96. The quantitative estimate of drug-likeness (QED) is 0.857. The highest BCUT2D eigenvalue weighted by Gasteiger charge is 2.30. The number of hydrogen-bond donors (Lipinski definition) is 0. The second-order valence-electron chi connectivity index (χ2n) is 5.85. The summed E-state index contributed by atoms with van der Waals surface area (Å²) in [5.41, 5.74) is 1.03. The number of nitrogens with zero attached hydrogens (tertiary/aromatic N) is 1. The third-order valence-electron chi connectivity index (χ3n) is 4.15. The standard InChI is InChI=1S/C16H21NO3S/c1-12-4-3-5-15(8-12)21(18,19)11-13-6-7-16(20-2)14(9-13)10-17/h6-7,9,12,15H,3-5,8,11H2,1-2H3. The first-order valence-corrected chi connectivity index (χ1v) is 8.96. The third-order valence-corrected chi connectivity index (χ3v) is 6.33. The molecule has 1 aromatic rings. The van der Waals surface area contributed by atoms with Gasteiger partial charge in [-0.05, 0) is 36.5 Å². The molecule has 1 saturated carbocycles. The van der Waals surface area contributed by atoms with Crippen LogP contribution in [0.15, 0.2) is 18.2 Å². The van der Waals surface area contributed by atoms with Gasteiger partial charge in [0.2, 0.25) is 0 Å². The minimum atomic E-state index is -3.16. The minimum Gasteiger partial charge on any atom is -0.495 e. The molecule has 1 aromatic carbocycles. The predicted octanol–water partition coefficient (Wildman–Crippen LogP) is 3.06. The highest BCUT2D eigenvalue weighted by Crippen LogP contribution is 2.30. The fourth-order valence-electron chi connectivity index (χ4n) is 2.99. The van der Waals surface area contributed by atoms with Gasteiger partial charge in [-0.2, -0.15) is 5.26 Å². The van der Waals surface area contributed by atoms with Crippen LogP contribution in [-0.2, 0) is 15.6 Å². The lowest BCUT2D eigenvalue weighted by molar-refractivity contribution is 0.382. The first-order valence-electron chi connectivity index (χ1n) is 7.25. The van der Waals surface area contributed by atoms with Crippen molar-refractivity contribution in [3.05, 3.63) is 29.3 Å². The summed E-state index contributed by atoms with van der Waals surface area (Å²) in [5.74, 6) is 0.956. The number of hydrogen-bond acceptors (Lipinski definition) is 4. The summed E-state index contributed by atoms with van der Waals surface area (Å²) < 4.78 is 30.2. The minimum absolute atomic E-state index is 0.00304. The SMILES string of the molecule is COc1ccc(CS(=O)(=O)C2CCCC(C)C2)cc1C#N. The van der Waals surface area contributed by atoms with Crippen LogP contribution in [0.3, 0.4) is 0 Å². The molecule has 0 N–H and O–H groups in total. The second-order valence-corrected chi connectivity index (χ2v) is 8.13. The third kappa shape index (κ3) is 3.76. The normalized spacial score (nSPS) is 22.5. The van der Waals surface area contributed by atoms with E-state index in [1.165, 1.54) is 7.11 Å². The zero-order valence-electron chi connectivity index (χ0n) is 12.5. The Balaban J connectivity index is 2.19. The van der Waals surface area contributed by atoms with Crippen molar-refractivity contribution < 1.29 is 13.2 Å². The molecule has 114 valence electrons. The molecule has 2 unspecified atom stereocenters. The highest BCUT2D eigenvalue weighted by molar-refractivity contribution is 7.91. The summed E-state index contributed by atoms with van der Waals surface area (Å²) in [6.07, 6.45) is 3.61. The van der Waals surface area contributed by atoms with E-state index >= 15 is 0 Å². The van der Waals surface area contributed by atoms with Crippen LogP contribution in [-0.4, -0.2) is 20.8 Å². The molecule has 1 aliphatic rings. The average Bonchev–Trinajstić information content (AvgIpc) is 2.46. The van der Waals surface area contributed by atoms with Crippen LogP contribution < -0.4 is 4.74 Å². The van der Waals surface area contributed by atoms with E-state index < -0.39 is 9.84 Å². The zero-order chi connectivity index (χ0) is 15.5. The lowest BCUT2D eigenvalue weighted by Crippen LogP contribution is -2.28. The fourth-order valence-corrected chi connectivity index (χ4v) is 5.01. The van der Waals surface area contributed by atoms with Crippen LogP contribution in [0.5, 0.6) is 5.75 Å². The van der Waals surface area contributed by atoms with Gasteiger partial charge in [0.1, 0.15) is 11.8 Å². The van der Waals surface area contributed by atoms with E-state index in [1.54, 1.807) is 18.2 Å². The Labute approximate surface area is 126 Å². The topological polar surface area (TPSA) is 67.2 Å². The Kier molecular flexibility index (Phi) is 4.89. The summed E-state index contributed by atoms with van der Waals surface area (Å²) in [6, 6.07) is 7.04. The van der Waals surface area contributed by atoms with E-state index in [4.69, 9.17) is 10.00 Å². The molecule has 0 spiro atoms. The monoisotopic (exact) mass is 307 g/mol. The summed E-state index contributed by atoms with van der Waals surface area (Å²) in [5, 5.41) is 8.83. The van der Waals surface area contributed by atoms with Crippen LogP contribution in [0.1, 0.15) is 43.7 Å². The number of methoxy groups -OCH3 is 1. The molecule has 2 atom stereocenters. The van der Waals surface area contributed by atoms with Crippen molar-refractivity contribution in [1.29, 1.82) is 5.26 Å². The lowest BCUT2D eigenvalue weighted by atomic mass is 9.91. The molecule has 4 nitrogen and oxygen atoms in total. The molecule has 1 fully saturated rings. The number of rotatable bonds is 4. The van der Waals surface area contributed by atoms with Gasteiger partial charge in [-0.15, -0.1) is 0 Å². The lowest BCUT2D eigenvalue weighted by Gasteiger charge is -2.26. The number of benzene rings is 1. The van der Waals surface area contributed by atoms with Crippen LogP contribution in [0.2, 0.25) is 0 Å². The van der Waals surface area contributed by atoms with Crippen molar-refractivity contribution in [2.45, 2.75) is 43.6 Å². The molecule has 2 rings (SSSR count). The van der Waals surface area contributed by atoms with E-state index in [0.717, 1.165) is 25.7 Å². The molecule has 21 heavy (non-hydrogen) atoms. The van der Waals surface area contributed by atoms with Crippen molar-refractivity contribution in [2.24, 2.45) is 5.92 Å². The highest BCUT2D eigenvalue weighted by atomic mass is 32.2. The fraction of sp³-hybridized carbons (Fsp3) is 0.562. The molecule has 0 aliphatic heterocycles. The van der Waals surface area contributed by atoms with Crippen molar-refractivity contribution in [3.63, 3.8) is 0 Å². The Morgan fingerprint density at radius 2 is 2.14 bits per heavy atom. The van der Waals surface area contributed by atoms with E-state index in [1.807, 2.05) is 6.07 Å². The van der Waals surface area contributed by atoms with Crippen LogP contribution in [0, 0.1) is 17.2 Å². The van der Waals surface area contributed by atoms with Crippen molar-refractivity contribution in [2.75, 3.05) is 7.11 Å². The molecular weight excluding hydrogens is 286 g/mol. The molecular formula is C16H21NO3S. The van der Waals surface area contributed by atoms with Gasteiger partial charge in [-0.25, -0.2) is 8.42 Å². The molecule has 1 aliphatic carbocycles. The molecule has 0 bridgehead atoms. The molecule has 0 radical (unpaired) electrons. The van der Waals surface area contributed by atoms with E-state index in [2.05, 4.69) is 6.92 Å². The van der Waals surface area contributed by atoms with Crippen molar-refractivity contribution in [3.8, 4) is 11.8 Å². The Morgan fingerprint density at radius 3 is 2.76 bits per heavy atom. The number of sulfone groups is 1. The largest absolute Gasteiger partial charge is 0.495 e. The van der Waals surface area contributed by atoms with Gasteiger partial charge in [0.25, 0.3) is 0 Å². The van der Waals surface area contributed by atoms with Gasteiger partial charge in [-0.3, -0.25) is 0 Å². The summed E-state index contributed by atoms with van der Waals surface area (Å²) in [7, 11) is -1.67. The average molecular weight is 307 g/mol. The maximum atomic E-state index is 12.5. The molecule has 0 aromatic heterocycles. The zero-order valence-corrected chi connectivity index (χ0v) is 13.3. The molecule has 0 heterocycles. The summed E-state index contributed by atoms with van der Waals surface area (Å²) in [6.45, 7) is 2.11. The van der Waals surface area contributed by atoms with Gasteiger partial charge >= 0.3 is 0 Å². The van der Waals surface area contributed by atoms with Gasteiger partial charge in [-0.1, -0.05) is 25.8 Å². The summed E-state index contributed by atoms with van der Waals surface area (Å²) in [4.78, 5) is 0. The van der Waals surface area contributed by atoms with Crippen LogP contribution in [0.4, 0.5) is 0 Å². The van der Waals surface area contributed by atoms with Crippen molar-refractivity contribution in [1.82, 2.24) is 0 Å². The Hall–Kier alpha value is -1.54. The molecule has 0 saturated heterocycles. The summed E-state index contributed by atoms with van der Waals surface area (Å²) >= 11 is 0. The maximum Gasteiger partial charge on any atom is 0.157 e. The van der Waals surface area contributed by atoms with Gasteiger partial charge in [0.05, 0.1) is 23.7 Å². The smallest absolute Gasteiger partial charge is 0.157 e. The van der Waals surface area contributed by atoms with Gasteiger partial charge in [0, 0.05) is 0 Å². The predicted molar refractivity (Wildman–Crippen MR) is 81.8 cm³/mol. The first kappa shape index (κ1) is 15.8. The van der Waals surface area contributed by atoms with E-state index in [-0.39, 0.29) is 11.0 Å². The van der Waals surface area contributed by atoms with Gasteiger partial charge in [0.15, 0.2) is 9.84 Å². The van der Waals surface area contributed by atoms with E-state index in [9.17, 15) is 8.42 Å². The van der Waals surface area contributed by atoms with Crippen LogP contribution >= 0.6 is 0 Å². The number of nitriles is 1. The second kappa shape index (κ2) is 6.48. The maximum absolute atomic E-state index is 12.5. The number of ether oxygens (including phenoxy) is 1. The van der Waals surface area contributed by atoms with E-state index in [0.29, 0.717) is 22.8 Å². The Morgan fingerprint density at radius 1 is 1.38 bits per heavy atom. The van der Waals surface area contributed by atoms with Crippen LogP contribution in [0.25, 0.3) is 0 Å².